The van der Waals surface area contributed by atoms with Gasteiger partial charge in [-0.2, -0.15) is 5.10 Å². The van der Waals surface area contributed by atoms with Gasteiger partial charge in [0.1, 0.15) is 5.56 Å². The highest BCUT2D eigenvalue weighted by molar-refractivity contribution is 7.09. The molecule has 8 nitrogen and oxygen atoms in total. The highest BCUT2D eigenvalue weighted by atomic mass is 32.1. The van der Waals surface area contributed by atoms with Gasteiger partial charge in [-0.3, -0.25) is 9.69 Å². The van der Waals surface area contributed by atoms with E-state index in [9.17, 15) is 9.59 Å². The maximum absolute atomic E-state index is 12.7. The minimum absolute atomic E-state index is 0.149. The van der Waals surface area contributed by atoms with Gasteiger partial charge in [0, 0.05) is 37.0 Å². The van der Waals surface area contributed by atoms with Crippen molar-refractivity contribution in [2.24, 2.45) is 7.05 Å². The number of benzene rings is 1. The first-order valence-electron chi connectivity index (χ1n) is 10.3. The number of fused-ring (bicyclic) bond motifs is 1. The zero-order valence-electron chi connectivity index (χ0n) is 18.5. The molecule has 0 unspecified atom stereocenters. The quantitative estimate of drug-likeness (QED) is 0.401. The van der Waals surface area contributed by atoms with Gasteiger partial charge in [0.2, 0.25) is 0 Å². The molecule has 3 aromatic heterocycles. The van der Waals surface area contributed by atoms with Gasteiger partial charge in [-0.25, -0.2) is 14.5 Å². The van der Waals surface area contributed by atoms with E-state index in [1.165, 1.54) is 6.20 Å². The van der Waals surface area contributed by atoms with Crippen molar-refractivity contribution in [3.05, 3.63) is 74.2 Å². The summed E-state index contributed by atoms with van der Waals surface area (Å²) >= 11 is 1.61. The number of nitrogens with zero attached hydrogens (tertiary/aromatic N) is 5. The second kappa shape index (κ2) is 9.05. The van der Waals surface area contributed by atoms with Crippen LogP contribution < -0.4 is 5.56 Å². The molecule has 0 aliphatic rings. The fourth-order valence-corrected chi connectivity index (χ4v) is 4.35. The number of ether oxygens (including phenoxy) is 1. The molecule has 0 fully saturated rings. The Morgan fingerprint density at radius 2 is 2.03 bits per heavy atom. The number of carbonyl (C=O) groups excluding carboxylic acids is 1. The largest absolute Gasteiger partial charge is 0.462 e. The summed E-state index contributed by atoms with van der Waals surface area (Å²) in [6.45, 7) is 5.06. The van der Waals surface area contributed by atoms with Crippen LogP contribution in [0, 0.1) is 6.92 Å². The molecular weight excluding hydrogens is 426 g/mol. The molecule has 0 bridgehead atoms. The van der Waals surface area contributed by atoms with Gasteiger partial charge in [0.05, 0.1) is 40.4 Å². The standard InChI is InChI=1S/C23H25N5O3S/c1-5-31-23(30)18-11-24-28(21(18)13-26(3)12-16-14-32-15(2)25-16)20-10-22(29)27(4)19-9-7-6-8-17(19)20/h6-11,14H,5,12-13H2,1-4H3. The van der Waals surface area contributed by atoms with Crippen molar-refractivity contribution in [2.45, 2.75) is 26.9 Å². The third-order valence-electron chi connectivity index (χ3n) is 5.24. The fourth-order valence-electron chi connectivity index (χ4n) is 3.75. The summed E-state index contributed by atoms with van der Waals surface area (Å²) in [6, 6.07) is 9.21. The minimum atomic E-state index is -0.431. The number of hydrogen-bond acceptors (Lipinski definition) is 7. The molecule has 3 heterocycles. The number of para-hydroxylation sites is 1. The maximum atomic E-state index is 12.7. The van der Waals surface area contributed by atoms with E-state index < -0.39 is 5.97 Å². The molecule has 1 aromatic carbocycles. The summed E-state index contributed by atoms with van der Waals surface area (Å²) in [5.41, 5.74) is 3.30. The predicted molar refractivity (Wildman–Crippen MR) is 124 cm³/mol. The smallest absolute Gasteiger partial charge is 0.341 e. The van der Waals surface area contributed by atoms with Gasteiger partial charge in [0.15, 0.2) is 0 Å². The molecule has 0 spiro atoms. The lowest BCUT2D eigenvalue weighted by atomic mass is 10.1. The first-order chi connectivity index (χ1) is 15.4. The Balaban J connectivity index is 1.81. The van der Waals surface area contributed by atoms with Crippen LogP contribution in [0.1, 0.15) is 33.7 Å². The molecule has 4 aromatic rings. The summed E-state index contributed by atoms with van der Waals surface area (Å²) < 4.78 is 8.55. The molecule has 4 rings (SSSR count). The predicted octanol–water partition coefficient (Wildman–Crippen LogP) is 3.30. The van der Waals surface area contributed by atoms with E-state index in [0.29, 0.717) is 30.0 Å². The fraction of sp³-hybridized carbons (Fsp3) is 0.304. The van der Waals surface area contributed by atoms with Gasteiger partial charge in [0.25, 0.3) is 5.56 Å². The van der Waals surface area contributed by atoms with Gasteiger partial charge < -0.3 is 9.30 Å². The van der Waals surface area contributed by atoms with Crippen LogP contribution >= 0.6 is 11.3 Å². The van der Waals surface area contributed by atoms with Crippen molar-refractivity contribution in [1.29, 1.82) is 0 Å². The lowest BCUT2D eigenvalue weighted by Crippen LogP contribution is -2.23. The molecule has 0 saturated heterocycles. The Bertz CT molecular complexity index is 1340. The van der Waals surface area contributed by atoms with Crippen molar-refractivity contribution in [3.8, 4) is 5.69 Å². The summed E-state index contributed by atoms with van der Waals surface area (Å²) in [7, 11) is 3.70. The second-order valence-corrected chi connectivity index (χ2v) is 8.67. The van der Waals surface area contributed by atoms with Crippen molar-refractivity contribution in [2.75, 3.05) is 13.7 Å². The zero-order valence-corrected chi connectivity index (χ0v) is 19.3. The van der Waals surface area contributed by atoms with Crippen LogP contribution in [-0.2, 0) is 24.9 Å². The summed E-state index contributed by atoms with van der Waals surface area (Å²) in [5, 5.41) is 8.41. The third kappa shape index (κ3) is 4.21. The molecule has 0 atom stereocenters. The van der Waals surface area contributed by atoms with Crippen molar-refractivity contribution in [3.63, 3.8) is 0 Å². The number of rotatable bonds is 7. The molecule has 166 valence electrons. The first-order valence-corrected chi connectivity index (χ1v) is 11.2. The van der Waals surface area contributed by atoms with Gasteiger partial charge in [-0.05, 0) is 27.0 Å². The molecule has 32 heavy (non-hydrogen) atoms. The number of thiazole rings is 1. The lowest BCUT2D eigenvalue weighted by Gasteiger charge is -2.19. The van der Waals surface area contributed by atoms with Crippen LogP contribution in [0.25, 0.3) is 16.6 Å². The monoisotopic (exact) mass is 451 g/mol. The summed E-state index contributed by atoms with van der Waals surface area (Å²) in [5.74, 6) is -0.431. The number of aryl methyl sites for hydroxylation is 2. The Morgan fingerprint density at radius 3 is 2.75 bits per heavy atom. The normalized spacial score (nSPS) is 11.4. The molecule has 0 N–H and O–H groups in total. The van der Waals surface area contributed by atoms with E-state index in [-0.39, 0.29) is 12.2 Å². The number of carbonyl (C=O) groups is 1. The number of aromatic nitrogens is 4. The van der Waals surface area contributed by atoms with Crippen LogP contribution in [0.15, 0.2) is 46.7 Å². The van der Waals surface area contributed by atoms with Crippen LogP contribution in [-0.4, -0.2) is 43.9 Å². The Morgan fingerprint density at radius 1 is 1.25 bits per heavy atom. The van der Waals surface area contributed by atoms with Crippen LogP contribution in [0.3, 0.4) is 0 Å². The van der Waals surface area contributed by atoms with Crippen molar-refractivity contribution in [1.82, 2.24) is 24.2 Å². The second-order valence-electron chi connectivity index (χ2n) is 7.61. The topological polar surface area (TPSA) is 82.2 Å². The Kier molecular flexibility index (Phi) is 6.20. The number of hydrogen-bond donors (Lipinski definition) is 0. The van der Waals surface area contributed by atoms with E-state index in [0.717, 1.165) is 21.6 Å². The van der Waals surface area contributed by atoms with Gasteiger partial charge in [-0.15, -0.1) is 11.3 Å². The highest BCUT2D eigenvalue weighted by Gasteiger charge is 2.22. The lowest BCUT2D eigenvalue weighted by molar-refractivity contribution is 0.0524. The average Bonchev–Trinajstić information content (AvgIpc) is 3.36. The SMILES string of the molecule is CCOC(=O)c1cnn(-c2cc(=O)n(C)c3ccccc23)c1CN(C)Cc1csc(C)n1. The van der Waals surface area contributed by atoms with E-state index in [1.54, 1.807) is 40.6 Å². The van der Waals surface area contributed by atoms with Crippen LogP contribution in [0.4, 0.5) is 0 Å². The molecule has 9 heteroatoms. The van der Waals surface area contributed by atoms with Crippen LogP contribution in [0.2, 0.25) is 0 Å². The first kappa shape index (κ1) is 21.9. The number of pyridine rings is 1. The van der Waals surface area contributed by atoms with E-state index in [2.05, 4.69) is 15.0 Å². The summed E-state index contributed by atoms with van der Waals surface area (Å²) in [4.78, 5) is 31.9. The molecule has 0 aliphatic heterocycles. The maximum Gasteiger partial charge on any atom is 0.341 e. The van der Waals surface area contributed by atoms with Crippen LogP contribution in [0.5, 0.6) is 0 Å². The van der Waals surface area contributed by atoms with Crippen molar-refractivity contribution < 1.29 is 9.53 Å². The number of esters is 1. The molecule has 0 radical (unpaired) electrons. The van der Waals surface area contributed by atoms with Gasteiger partial charge >= 0.3 is 5.97 Å². The van der Waals surface area contributed by atoms with E-state index in [1.807, 2.05) is 43.6 Å². The van der Waals surface area contributed by atoms with E-state index in [4.69, 9.17) is 4.74 Å². The molecular formula is C23H25N5O3S. The minimum Gasteiger partial charge on any atom is -0.462 e. The zero-order chi connectivity index (χ0) is 22.8. The third-order valence-corrected chi connectivity index (χ3v) is 6.07. The molecule has 0 amide bonds. The Labute approximate surface area is 189 Å². The van der Waals surface area contributed by atoms with Crippen molar-refractivity contribution >= 4 is 28.2 Å². The molecule has 0 aliphatic carbocycles. The highest BCUT2D eigenvalue weighted by Crippen LogP contribution is 2.24. The van der Waals surface area contributed by atoms with Gasteiger partial charge in [-0.1, -0.05) is 18.2 Å². The summed E-state index contributed by atoms with van der Waals surface area (Å²) in [6.07, 6.45) is 1.51. The Hall–Kier alpha value is -3.30. The average molecular weight is 452 g/mol. The molecule has 0 saturated carbocycles. The van der Waals surface area contributed by atoms with E-state index >= 15 is 0 Å².